The first-order valence-electron chi connectivity index (χ1n) is 11.0. The minimum atomic E-state index is 0.000407. The average molecular weight is 357 g/mol. The minimum Gasteiger partial charge on any atom is -0.426 e. The molecule has 4 unspecified atom stereocenters. The Kier molecular flexibility index (Phi) is 7.16. The van der Waals surface area contributed by atoms with Crippen molar-refractivity contribution in [1.82, 2.24) is 0 Å². The zero-order valence-corrected chi connectivity index (χ0v) is 16.7. The van der Waals surface area contributed by atoms with Crippen molar-refractivity contribution < 1.29 is 9.53 Å². The summed E-state index contributed by atoms with van der Waals surface area (Å²) in [6.45, 7) is 4.51. The van der Waals surface area contributed by atoms with E-state index in [4.69, 9.17) is 4.74 Å². The third kappa shape index (κ3) is 5.11. The van der Waals surface area contributed by atoms with Crippen LogP contribution in [-0.4, -0.2) is 5.97 Å². The van der Waals surface area contributed by atoms with Crippen molar-refractivity contribution in [3.8, 4) is 5.75 Å². The van der Waals surface area contributed by atoms with Gasteiger partial charge in [0.1, 0.15) is 5.75 Å². The molecule has 0 bridgehead atoms. The maximum atomic E-state index is 12.6. The van der Waals surface area contributed by atoms with Gasteiger partial charge in [0.2, 0.25) is 0 Å². The lowest BCUT2D eigenvalue weighted by atomic mass is 9.64. The summed E-state index contributed by atoms with van der Waals surface area (Å²) in [4.78, 5) is 12.6. The van der Waals surface area contributed by atoms with E-state index in [9.17, 15) is 4.79 Å². The van der Waals surface area contributed by atoms with Gasteiger partial charge in [0.05, 0.1) is 5.92 Å². The number of rotatable bonds is 7. The molecule has 0 saturated heterocycles. The molecule has 0 spiro atoms. The van der Waals surface area contributed by atoms with Crippen LogP contribution in [0.4, 0.5) is 0 Å². The summed E-state index contributed by atoms with van der Waals surface area (Å²) < 4.78 is 5.71. The average Bonchev–Trinajstić information content (AvgIpc) is 2.67. The van der Waals surface area contributed by atoms with Gasteiger partial charge in [-0.05, 0) is 80.4 Å². The van der Waals surface area contributed by atoms with Crippen molar-refractivity contribution in [2.45, 2.75) is 84.5 Å². The summed E-state index contributed by atoms with van der Waals surface area (Å²) in [6.07, 6.45) is 13.6. The quantitative estimate of drug-likeness (QED) is 0.408. The van der Waals surface area contributed by atoms with E-state index in [2.05, 4.69) is 26.0 Å². The minimum absolute atomic E-state index is 0.000407. The largest absolute Gasteiger partial charge is 0.426 e. The maximum Gasteiger partial charge on any atom is 0.314 e. The first-order valence-corrected chi connectivity index (χ1v) is 11.0. The van der Waals surface area contributed by atoms with Crippen LogP contribution in [0.15, 0.2) is 24.3 Å². The third-order valence-corrected chi connectivity index (χ3v) is 6.71. The van der Waals surface area contributed by atoms with Crippen molar-refractivity contribution in [1.29, 1.82) is 0 Å². The van der Waals surface area contributed by atoms with E-state index in [0.717, 1.165) is 37.0 Å². The molecule has 0 aromatic heterocycles. The van der Waals surface area contributed by atoms with Crippen molar-refractivity contribution in [3.05, 3.63) is 29.8 Å². The predicted octanol–water partition coefficient (Wildman–Crippen LogP) is 6.57. The molecule has 3 rings (SSSR count). The van der Waals surface area contributed by atoms with Crippen LogP contribution in [0, 0.1) is 23.7 Å². The molecule has 0 aliphatic heterocycles. The molecule has 26 heavy (non-hydrogen) atoms. The Balaban J connectivity index is 1.49. The molecule has 2 fully saturated rings. The number of unbranched alkanes of at least 4 members (excludes halogenated alkanes) is 1. The summed E-state index contributed by atoms with van der Waals surface area (Å²) in [5.74, 6) is 3.38. The molecule has 1 aromatic rings. The van der Waals surface area contributed by atoms with Gasteiger partial charge in [-0.3, -0.25) is 4.79 Å². The monoisotopic (exact) mass is 356 g/mol. The van der Waals surface area contributed by atoms with E-state index in [1.165, 1.54) is 56.9 Å². The Morgan fingerprint density at radius 1 is 0.962 bits per heavy atom. The van der Waals surface area contributed by atoms with Gasteiger partial charge in [0.25, 0.3) is 0 Å². The van der Waals surface area contributed by atoms with Crippen molar-refractivity contribution in [2.24, 2.45) is 23.7 Å². The fourth-order valence-electron chi connectivity index (χ4n) is 5.18. The molecule has 2 nitrogen and oxygen atoms in total. The lowest BCUT2D eigenvalue weighted by Gasteiger charge is -2.41. The van der Waals surface area contributed by atoms with E-state index >= 15 is 0 Å². The van der Waals surface area contributed by atoms with Crippen LogP contribution in [0.5, 0.6) is 5.75 Å². The molecule has 0 N–H and O–H groups in total. The number of hydrogen-bond acceptors (Lipinski definition) is 2. The number of hydrogen-bond donors (Lipinski definition) is 0. The van der Waals surface area contributed by atoms with Crippen LogP contribution < -0.4 is 4.74 Å². The number of carbonyl (C=O) groups excluding carboxylic acids is 1. The van der Waals surface area contributed by atoms with E-state index in [1.807, 2.05) is 12.1 Å². The second kappa shape index (κ2) is 9.58. The number of carbonyl (C=O) groups is 1. The van der Waals surface area contributed by atoms with Gasteiger partial charge < -0.3 is 4.74 Å². The van der Waals surface area contributed by atoms with E-state index < -0.39 is 0 Å². The van der Waals surface area contributed by atoms with Gasteiger partial charge in [-0.2, -0.15) is 0 Å². The molecule has 144 valence electrons. The second-order valence-electron chi connectivity index (χ2n) is 8.67. The normalized spacial score (nSPS) is 28.4. The van der Waals surface area contributed by atoms with Crippen molar-refractivity contribution in [2.75, 3.05) is 0 Å². The Bertz CT molecular complexity index is 562. The second-order valence-corrected chi connectivity index (χ2v) is 8.67. The fourth-order valence-corrected chi connectivity index (χ4v) is 5.18. The van der Waals surface area contributed by atoms with Crippen LogP contribution >= 0.6 is 0 Å². The standard InChI is InChI=1S/C24H36O2/c1-3-5-7-18-9-14-23(15-10-18)26-24(25)22-13-12-20-16-19(6-4-2)8-11-21(20)17-22/h9-10,14-15,19-22H,3-8,11-13,16-17H2,1-2H3. The highest BCUT2D eigenvalue weighted by Crippen LogP contribution is 2.45. The fraction of sp³-hybridized carbons (Fsp3) is 0.708. The number of esters is 1. The Morgan fingerprint density at radius 2 is 1.69 bits per heavy atom. The molecule has 2 saturated carbocycles. The Hall–Kier alpha value is -1.31. The molecular weight excluding hydrogens is 320 g/mol. The van der Waals surface area contributed by atoms with E-state index in [-0.39, 0.29) is 11.9 Å². The topological polar surface area (TPSA) is 26.3 Å². The van der Waals surface area contributed by atoms with Gasteiger partial charge in [-0.15, -0.1) is 0 Å². The summed E-state index contributed by atoms with van der Waals surface area (Å²) in [5.41, 5.74) is 1.33. The van der Waals surface area contributed by atoms with Crippen LogP contribution in [0.2, 0.25) is 0 Å². The van der Waals surface area contributed by atoms with Crippen LogP contribution in [0.3, 0.4) is 0 Å². The first-order chi connectivity index (χ1) is 12.7. The number of ether oxygens (including phenoxy) is 1. The molecule has 0 heterocycles. The van der Waals surface area contributed by atoms with Crippen LogP contribution in [0.1, 0.15) is 83.6 Å². The summed E-state index contributed by atoms with van der Waals surface area (Å²) >= 11 is 0. The molecule has 1 aromatic carbocycles. The first kappa shape index (κ1) is 19.5. The number of fused-ring (bicyclic) bond motifs is 1. The summed E-state index contributed by atoms with van der Waals surface area (Å²) in [5, 5.41) is 0. The summed E-state index contributed by atoms with van der Waals surface area (Å²) in [7, 11) is 0. The molecule has 0 amide bonds. The van der Waals surface area contributed by atoms with Crippen molar-refractivity contribution >= 4 is 5.97 Å². The predicted molar refractivity (Wildman–Crippen MR) is 107 cm³/mol. The number of aryl methyl sites for hydroxylation is 1. The Morgan fingerprint density at radius 3 is 2.42 bits per heavy atom. The summed E-state index contributed by atoms with van der Waals surface area (Å²) in [6, 6.07) is 8.13. The molecular formula is C24H36O2. The third-order valence-electron chi connectivity index (χ3n) is 6.71. The van der Waals surface area contributed by atoms with Crippen molar-refractivity contribution in [3.63, 3.8) is 0 Å². The zero-order valence-electron chi connectivity index (χ0n) is 16.7. The van der Waals surface area contributed by atoms with Gasteiger partial charge in [-0.25, -0.2) is 0 Å². The molecule has 0 radical (unpaired) electrons. The molecule has 2 heteroatoms. The van der Waals surface area contributed by atoms with Gasteiger partial charge >= 0.3 is 5.97 Å². The van der Waals surface area contributed by atoms with Gasteiger partial charge in [0.15, 0.2) is 0 Å². The molecule has 2 aliphatic rings. The highest BCUT2D eigenvalue weighted by atomic mass is 16.5. The SMILES string of the molecule is CCCCc1ccc(OC(=O)C2CCC3CC(CCC)CCC3C2)cc1. The van der Waals surface area contributed by atoms with Crippen LogP contribution in [0.25, 0.3) is 0 Å². The molecule has 2 aliphatic carbocycles. The zero-order chi connectivity index (χ0) is 18.4. The number of benzene rings is 1. The Labute approximate surface area is 159 Å². The van der Waals surface area contributed by atoms with E-state index in [0.29, 0.717) is 5.75 Å². The maximum absolute atomic E-state index is 12.6. The highest BCUT2D eigenvalue weighted by Gasteiger charge is 2.38. The van der Waals surface area contributed by atoms with Crippen LogP contribution in [-0.2, 0) is 11.2 Å². The molecule has 4 atom stereocenters. The van der Waals surface area contributed by atoms with Gasteiger partial charge in [0, 0.05) is 0 Å². The smallest absolute Gasteiger partial charge is 0.314 e. The lowest BCUT2D eigenvalue weighted by molar-refractivity contribution is -0.141. The lowest BCUT2D eigenvalue weighted by Crippen LogP contribution is -2.35. The van der Waals surface area contributed by atoms with E-state index in [1.54, 1.807) is 0 Å². The van der Waals surface area contributed by atoms with Gasteiger partial charge in [-0.1, -0.05) is 51.7 Å². The highest BCUT2D eigenvalue weighted by molar-refractivity contribution is 5.75.